The number of hydrogen-bond acceptors (Lipinski definition) is 5. The van der Waals surface area contributed by atoms with Crippen molar-refractivity contribution in [1.29, 1.82) is 0 Å². The zero-order valence-electron chi connectivity index (χ0n) is 11.8. The topological polar surface area (TPSA) is 50.5 Å². The van der Waals surface area contributed by atoms with E-state index in [1.165, 1.54) is 41.5 Å². The average molecular weight is 292 g/mol. The molecule has 20 heavy (non-hydrogen) atoms. The van der Waals surface area contributed by atoms with E-state index in [9.17, 15) is 4.79 Å². The van der Waals surface area contributed by atoms with E-state index in [1.54, 1.807) is 6.07 Å². The molecule has 1 saturated heterocycles. The second kappa shape index (κ2) is 6.01. The first kappa shape index (κ1) is 13.7. The summed E-state index contributed by atoms with van der Waals surface area (Å²) in [4.78, 5) is 19.8. The van der Waals surface area contributed by atoms with Crippen molar-refractivity contribution < 1.29 is 0 Å². The molecule has 2 aromatic heterocycles. The smallest absolute Gasteiger partial charge is 0.275 e. The van der Waals surface area contributed by atoms with E-state index in [0.29, 0.717) is 0 Å². The minimum Gasteiger partial charge on any atom is -0.298 e. The molecule has 1 aliphatic heterocycles. The second-order valence-electron chi connectivity index (χ2n) is 5.32. The summed E-state index contributed by atoms with van der Waals surface area (Å²) < 4.78 is 1.43. The van der Waals surface area contributed by atoms with Crippen LogP contribution in [0.1, 0.15) is 43.3 Å². The van der Waals surface area contributed by atoms with E-state index in [2.05, 4.69) is 15.0 Å². The highest BCUT2D eigenvalue weighted by molar-refractivity contribution is 7.16. The van der Waals surface area contributed by atoms with Crippen molar-refractivity contribution in [2.75, 3.05) is 13.1 Å². The van der Waals surface area contributed by atoms with Crippen LogP contribution in [0.2, 0.25) is 0 Å². The summed E-state index contributed by atoms with van der Waals surface area (Å²) in [5.41, 5.74) is 0.818. The molecule has 0 saturated carbocycles. The predicted molar refractivity (Wildman–Crippen MR) is 80.3 cm³/mol. The number of nitrogens with zero attached hydrogens (tertiary/aromatic N) is 4. The van der Waals surface area contributed by atoms with Gasteiger partial charge in [0.25, 0.3) is 5.56 Å². The van der Waals surface area contributed by atoms with Crippen molar-refractivity contribution in [2.45, 2.75) is 45.6 Å². The highest BCUT2D eigenvalue weighted by Crippen LogP contribution is 2.14. The number of likely N-dealkylation sites (tertiary alicyclic amines) is 1. The summed E-state index contributed by atoms with van der Waals surface area (Å²) in [5.74, 6) is 0. The molecule has 1 fully saturated rings. The SMILES string of the molecule is CCc1nn2c(=O)cc(CN3CCCCCC3)nc2s1. The van der Waals surface area contributed by atoms with Gasteiger partial charge in [-0.3, -0.25) is 9.69 Å². The van der Waals surface area contributed by atoms with E-state index in [1.807, 2.05) is 6.92 Å². The van der Waals surface area contributed by atoms with Gasteiger partial charge in [-0.1, -0.05) is 31.1 Å². The fourth-order valence-corrected chi connectivity index (χ4v) is 3.50. The summed E-state index contributed by atoms with van der Waals surface area (Å²) >= 11 is 1.51. The molecule has 0 radical (unpaired) electrons. The van der Waals surface area contributed by atoms with Crippen LogP contribution in [0, 0.1) is 0 Å². The molecule has 6 heteroatoms. The van der Waals surface area contributed by atoms with Crippen LogP contribution in [0.25, 0.3) is 4.96 Å². The molecule has 0 amide bonds. The van der Waals surface area contributed by atoms with Gasteiger partial charge in [-0.05, 0) is 32.4 Å². The number of hydrogen-bond donors (Lipinski definition) is 0. The molecule has 2 aromatic rings. The Balaban J connectivity index is 1.85. The first-order valence-corrected chi connectivity index (χ1v) is 8.19. The van der Waals surface area contributed by atoms with E-state index >= 15 is 0 Å². The van der Waals surface area contributed by atoms with Crippen LogP contribution in [0.5, 0.6) is 0 Å². The number of rotatable bonds is 3. The molecule has 0 spiro atoms. The lowest BCUT2D eigenvalue weighted by Crippen LogP contribution is -2.26. The van der Waals surface area contributed by atoms with Crippen LogP contribution in [0.15, 0.2) is 10.9 Å². The van der Waals surface area contributed by atoms with Gasteiger partial charge in [-0.15, -0.1) is 0 Å². The van der Waals surface area contributed by atoms with Gasteiger partial charge in [-0.2, -0.15) is 9.61 Å². The zero-order valence-corrected chi connectivity index (χ0v) is 12.7. The summed E-state index contributed by atoms with van der Waals surface area (Å²) in [6.07, 6.45) is 5.99. The molecule has 1 aliphatic rings. The summed E-state index contributed by atoms with van der Waals surface area (Å²) in [7, 11) is 0. The van der Waals surface area contributed by atoms with Crippen LogP contribution in [-0.2, 0) is 13.0 Å². The van der Waals surface area contributed by atoms with Crippen molar-refractivity contribution in [3.05, 3.63) is 27.1 Å². The Kier molecular flexibility index (Phi) is 4.12. The Hall–Kier alpha value is -1.27. The van der Waals surface area contributed by atoms with Gasteiger partial charge in [0.2, 0.25) is 4.96 Å². The highest BCUT2D eigenvalue weighted by atomic mass is 32.1. The molecular weight excluding hydrogens is 272 g/mol. The van der Waals surface area contributed by atoms with Crippen molar-refractivity contribution >= 4 is 16.3 Å². The summed E-state index contributed by atoms with van der Waals surface area (Å²) in [6.45, 7) is 5.06. The van der Waals surface area contributed by atoms with E-state index < -0.39 is 0 Å². The largest absolute Gasteiger partial charge is 0.298 e. The third-order valence-corrected chi connectivity index (χ3v) is 4.78. The fourth-order valence-electron chi connectivity index (χ4n) is 2.64. The number of aromatic nitrogens is 3. The van der Waals surface area contributed by atoms with Gasteiger partial charge in [0.1, 0.15) is 5.01 Å². The third-order valence-electron chi connectivity index (χ3n) is 3.73. The van der Waals surface area contributed by atoms with E-state index in [-0.39, 0.29) is 5.56 Å². The van der Waals surface area contributed by atoms with Crippen LogP contribution in [0.3, 0.4) is 0 Å². The molecule has 0 N–H and O–H groups in total. The van der Waals surface area contributed by atoms with Crippen molar-refractivity contribution in [3.8, 4) is 0 Å². The maximum atomic E-state index is 12.1. The van der Waals surface area contributed by atoms with Crippen molar-refractivity contribution in [1.82, 2.24) is 19.5 Å². The Bertz CT molecular complexity index is 640. The summed E-state index contributed by atoms with van der Waals surface area (Å²) in [6, 6.07) is 1.64. The zero-order chi connectivity index (χ0) is 13.9. The van der Waals surface area contributed by atoms with Gasteiger partial charge < -0.3 is 0 Å². The molecule has 3 heterocycles. The minimum absolute atomic E-state index is 0.0595. The van der Waals surface area contributed by atoms with Crippen LogP contribution < -0.4 is 5.56 Å². The molecule has 0 atom stereocenters. The average Bonchev–Trinajstić information content (AvgIpc) is 2.69. The Morgan fingerprint density at radius 2 is 2.00 bits per heavy atom. The van der Waals surface area contributed by atoms with E-state index in [4.69, 9.17) is 0 Å². The van der Waals surface area contributed by atoms with Gasteiger partial charge >= 0.3 is 0 Å². The standard InChI is InChI=1S/C14H20N4OS/c1-2-12-16-18-13(19)9-11(15-14(18)20-12)10-17-7-5-3-4-6-8-17/h9H,2-8,10H2,1H3. The van der Waals surface area contributed by atoms with Gasteiger partial charge in [0, 0.05) is 12.6 Å². The molecule has 3 rings (SSSR count). The predicted octanol–water partition coefficient (Wildman–Crippen LogP) is 2.09. The lowest BCUT2D eigenvalue weighted by molar-refractivity contribution is 0.273. The molecule has 0 aromatic carbocycles. The minimum atomic E-state index is -0.0595. The molecule has 108 valence electrons. The third kappa shape index (κ3) is 2.91. The first-order valence-electron chi connectivity index (χ1n) is 7.37. The van der Waals surface area contributed by atoms with Gasteiger partial charge in [0.15, 0.2) is 0 Å². The quantitative estimate of drug-likeness (QED) is 0.869. The lowest BCUT2D eigenvalue weighted by Gasteiger charge is -2.18. The Morgan fingerprint density at radius 3 is 2.70 bits per heavy atom. The van der Waals surface area contributed by atoms with Crippen LogP contribution in [-0.4, -0.2) is 32.6 Å². The van der Waals surface area contributed by atoms with Crippen LogP contribution in [0.4, 0.5) is 0 Å². The fraction of sp³-hybridized carbons (Fsp3) is 0.643. The Morgan fingerprint density at radius 1 is 1.25 bits per heavy atom. The molecule has 0 unspecified atom stereocenters. The number of aryl methyl sites for hydroxylation is 1. The monoisotopic (exact) mass is 292 g/mol. The van der Waals surface area contributed by atoms with Crippen LogP contribution >= 0.6 is 11.3 Å². The second-order valence-corrected chi connectivity index (χ2v) is 6.36. The lowest BCUT2D eigenvalue weighted by atomic mass is 10.2. The molecule has 0 bridgehead atoms. The summed E-state index contributed by atoms with van der Waals surface area (Å²) in [5, 5.41) is 5.24. The van der Waals surface area contributed by atoms with Crippen molar-refractivity contribution in [2.24, 2.45) is 0 Å². The molecular formula is C14H20N4OS. The maximum Gasteiger partial charge on any atom is 0.275 e. The van der Waals surface area contributed by atoms with E-state index in [0.717, 1.165) is 41.7 Å². The first-order chi connectivity index (χ1) is 9.76. The number of fused-ring (bicyclic) bond motifs is 1. The normalized spacial score (nSPS) is 17.4. The van der Waals surface area contributed by atoms with Gasteiger partial charge in [-0.25, -0.2) is 4.98 Å². The highest BCUT2D eigenvalue weighted by Gasteiger charge is 2.13. The van der Waals surface area contributed by atoms with Crippen molar-refractivity contribution in [3.63, 3.8) is 0 Å². The molecule has 0 aliphatic carbocycles. The maximum absolute atomic E-state index is 12.1. The van der Waals surface area contributed by atoms with Gasteiger partial charge in [0.05, 0.1) is 5.69 Å². The Labute approximate surface area is 122 Å². The molecule has 5 nitrogen and oxygen atoms in total.